The minimum atomic E-state index is -4.36. The van der Waals surface area contributed by atoms with E-state index in [1.807, 2.05) is 0 Å². The van der Waals surface area contributed by atoms with Gasteiger partial charge in [0.25, 0.3) is 15.9 Å². The number of benzene rings is 2. The normalized spacial score (nSPS) is 10.9. The van der Waals surface area contributed by atoms with Crippen molar-refractivity contribution < 1.29 is 32.3 Å². The lowest BCUT2D eigenvalue weighted by Gasteiger charge is -2.12. The molecule has 0 aliphatic heterocycles. The van der Waals surface area contributed by atoms with Crippen molar-refractivity contribution in [3.05, 3.63) is 52.8 Å². The first-order valence-corrected chi connectivity index (χ1v) is 10.2. The van der Waals surface area contributed by atoms with Gasteiger partial charge in [-0.3, -0.25) is 19.1 Å². The van der Waals surface area contributed by atoms with Gasteiger partial charge in [0.2, 0.25) is 5.91 Å². The molecule has 0 bridgehead atoms. The van der Waals surface area contributed by atoms with Crippen LogP contribution in [0.25, 0.3) is 0 Å². The van der Waals surface area contributed by atoms with Gasteiger partial charge in [-0.25, -0.2) is 12.8 Å². The number of aliphatic carboxylic acids is 1. The summed E-state index contributed by atoms with van der Waals surface area (Å²) in [6.45, 7) is 1.13. The molecule has 0 saturated heterocycles. The fraction of sp³-hybridized carbons (Fsp3) is 0.167. The lowest BCUT2D eigenvalue weighted by Crippen LogP contribution is -2.25. The van der Waals surface area contributed by atoms with Crippen LogP contribution in [0.2, 0.25) is 5.02 Å². The summed E-state index contributed by atoms with van der Waals surface area (Å²) < 4.78 is 41.5. The molecule has 0 saturated carbocycles. The molecule has 9 nitrogen and oxygen atoms in total. The topological polar surface area (TPSA) is 142 Å². The maximum Gasteiger partial charge on any atom is 0.305 e. The molecule has 30 heavy (non-hydrogen) atoms. The van der Waals surface area contributed by atoms with Gasteiger partial charge in [-0.1, -0.05) is 11.6 Å². The Morgan fingerprint density at radius 3 is 2.33 bits per heavy atom. The average molecular weight is 458 g/mol. The molecule has 0 aromatic heterocycles. The van der Waals surface area contributed by atoms with Crippen molar-refractivity contribution in [1.29, 1.82) is 0 Å². The minimum Gasteiger partial charge on any atom is -0.481 e. The van der Waals surface area contributed by atoms with Gasteiger partial charge >= 0.3 is 5.97 Å². The van der Waals surface area contributed by atoms with E-state index in [9.17, 15) is 27.2 Å². The number of carboxylic acids is 1. The number of carboxylic acid groups (broad SMARTS) is 1. The second kappa shape index (κ2) is 9.55. The summed E-state index contributed by atoms with van der Waals surface area (Å²) in [4.78, 5) is 32.7. The Hall–Kier alpha value is -3.18. The van der Waals surface area contributed by atoms with Gasteiger partial charge in [-0.2, -0.15) is 0 Å². The van der Waals surface area contributed by atoms with Crippen molar-refractivity contribution in [1.82, 2.24) is 5.32 Å². The smallest absolute Gasteiger partial charge is 0.305 e. The number of nitrogens with one attached hydrogen (secondary N) is 3. The Kier molecular flexibility index (Phi) is 7.35. The number of rotatable bonds is 8. The predicted octanol–water partition coefficient (Wildman–Crippen LogP) is 2.44. The maximum absolute atomic E-state index is 14.3. The first kappa shape index (κ1) is 23.1. The number of anilines is 2. The Morgan fingerprint density at radius 1 is 1.13 bits per heavy atom. The largest absolute Gasteiger partial charge is 0.481 e. The van der Waals surface area contributed by atoms with Crippen LogP contribution in [0.1, 0.15) is 23.7 Å². The summed E-state index contributed by atoms with van der Waals surface area (Å²) in [5.41, 5.74) is 0.162. The predicted molar refractivity (Wildman–Crippen MR) is 108 cm³/mol. The van der Waals surface area contributed by atoms with E-state index >= 15 is 0 Å². The van der Waals surface area contributed by atoms with Crippen LogP contribution in [0.3, 0.4) is 0 Å². The number of halogens is 2. The molecule has 2 aromatic rings. The summed E-state index contributed by atoms with van der Waals surface area (Å²) in [7, 11) is -4.36. The van der Waals surface area contributed by atoms with Crippen LogP contribution in [0.4, 0.5) is 15.8 Å². The molecule has 160 valence electrons. The summed E-state index contributed by atoms with van der Waals surface area (Å²) in [5, 5.41) is 13.1. The fourth-order valence-electron chi connectivity index (χ4n) is 2.30. The van der Waals surface area contributed by atoms with Gasteiger partial charge in [0.15, 0.2) is 0 Å². The highest BCUT2D eigenvalue weighted by Gasteiger charge is 2.22. The maximum atomic E-state index is 14.3. The summed E-state index contributed by atoms with van der Waals surface area (Å²) in [6.07, 6.45) is -0.238. The van der Waals surface area contributed by atoms with E-state index in [0.717, 1.165) is 12.1 Å². The van der Waals surface area contributed by atoms with E-state index < -0.39 is 38.5 Å². The van der Waals surface area contributed by atoms with Crippen LogP contribution in [-0.2, 0) is 19.6 Å². The molecule has 0 aliphatic carbocycles. The molecule has 0 atom stereocenters. The fourth-order valence-corrected chi connectivity index (χ4v) is 3.73. The molecule has 0 aliphatic rings. The molecule has 2 amide bonds. The molecule has 0 unspecified atom stereocenters. The Labute approximate surface area is 176 Å². The SMILES string of the molecule is CC(=O)Nc1cc(F)c(S(=O)(=O)Nc2ccc(C(=O)NCCC(=O)O)cc2)cc1Cl. The molecule has 4 N–H and O–H groups in total. The molecular weight excluding hydrogens is 441 g/mol. The van der Waals surface area contributed by atoms with Gasteiger partial charge in [0.1, 0.15) is 10.7 Å². The van der Waals surface area contributed by atoms with Crippen LogP contribution >= 0.6 is 11.6 Å². The number of hydrogen-bond donors (Lipinski definition) is 4. The van der Waals surface area contributed by atoms with Crippen molar-refractivity contribution in [2.75, 3.05) is 16.6 Å². The monoisotopic (exact) mass is 457 g/mol. The zero-order valence-corrected chi connectivity index (χ0v) is 17.1. The van der Waals surface area contributed by atoms with Gasteiger partial charge < -0.3 is 15.7 Å². The van der Waals surface area contributed by atoms with Crippen LogP contribution in [0.15, 0.2) is 41.3 Å². The molecule has 0 radical (unpaired) electrons. The van der Waals surface area contributed by atoms with Crippen molar-refractivity contribution in [3.63, 3.8) is 0 Å². The summed E-state index contributed by atoms with van der Waals surface area (Å²) >= 11 is 5.92. The van der Waals surface area contributed by atoms with Crippen LogP contribution in [0.5, 0.6) is 0 Å². The highest BCUT2D eigenvalue weighted by molar-refractivity contribution is 7.92. The summed E-state index contributed by atoms with van der Waals surface area (Å²) in [6, 6.07) is 6.87. The molecule has 2 aromatic carbocycles. The number of amides is 2. The van der Waals surface area contributed by atoms with Crippen molar-refractivity contribution in [2.45, 2.75) is 18.2 Å². The van der Waals surface area contributed by atoms with E-state index in [-0.39, 0.29) is 34.9 Å². The standard InChI is InChI=1S/C18H17ClFN3O6S/c1-10(24)22-15-9-14(20)16(8-13(15)19)30(28,29)23-12-4-2-11(3-5-12)18(27)21-7-6-17(25)26/h2-5,8-9,23H,6-7H2,1H3,(H,21,27)(H,22,24)(H,25,26). The highest BCUT2D eigenvalue weighted by Crippen LogP contribution is 2.29. The third-order valence-electron chi connectivity index (χ3n) is 3.65. The third-order valence-corrected chi connectivity index (χ3v) is 5.35. The Balaban J connectivity index is 2.15. The van der Waals surface area contributed by atoms with Crippen molar-refractivity contribution in [3.8, 4) is 0 Å². The second-order valence-corrected chi connectivity index (χ2v) is 8.08. The lowest BCUT2D eigenvalue weighted by atomic mass is 10.2. The van der Waals surface area contributed by atoms with Crippen molar-refractivity contribution >= 4 is 50.8 Å². The number of sulfonamides is 1. The molecule has 2 rings (SSSR count). The van der Waals surface area contributed by atoms with Gasteiger partial charge in [0, 0.05) is 30.8 Å². The zero-order chi connectivity index (χ0) is 22.5. The number of hydrogen-bond acceptors (Lipinski definition) is 5. The van der Waals surface area contributed by atoms with E-state index in [2.05, 4.69) is 15.4 Å². The number of carbonyl (C=O) groups excluding carboxylic acids is 2. The molecule has 0 fully saturated rings. The molecule has 0 heterocycles. The quantitative estimate of drug-likeness (QED) is 0.479. The van der Waals surface area contributed by atoms with Crippen molar-refractivity contribution in [2.24, 2.45) is 0 Å². The first-order valence-electron chi connectivity index (χ1n) is 8.39. The highest BCUT2D eigenvalue weighted by atomic mass is 35.5. The summed E-state index contributed by atoms with van der Waals surface area (Å²) in [5.74, 6) is -3.21. The third kappa shape index (κ3) is 6.16. The van der Waals surface area contributed by atoms with E-state index in [1.54, 1.807) is 0 Å². The van der Waals surface area contributed by atoms with Crippen LogP contribution < -0.4 is 15.4 Å². The zero-order valence-electron chi connectivity index (χ0n) is 15.5. The van der Waals surface area contributed by atoms with E-state index in [0.29, 0.717) is 0 Å². The van der Waals surface area contributed by atoms with Gasteiger partial charge in [-0.05, 0) is 30.3 Å². The second-order valence-electron chi connectivity index (χ2n) is 6.03. The molecule has 0 spiro atoms. The minimum absolute atomic E-state index is 0.0542. The lowest BCUT2D eigenvalue weighted by molar-refractivity contribution is -0.136. The average Bonchev–Trinajstić information content (AvgIpc) is 2.63. The Morgan fingerprint density at radius 2 is 1.77 bits per heavy atom. The molecular formula is C18H17ClFN3O6S. The van der Waals surface area contributed by atoms with E-state index in [1.165, 1.54) is 31.2 Å². The van der Waals surface area contributed by atoms with E-state index in [4.69, 9.17) is 16.7 Å². The van der Waals surface area contributed by atoms with Crippen LogP contribution in [-0.4, -0.2) is 37.9 Å². The van der Waals surface area contributed by atoms with Crippen LogP contribution in [0, 0.1) is 5.82 Å². The van der Waals surface area contributed by atoms with Gasteiger partial charge in [0.05, 0.1) is 17.1 Å². The van der Waals surface area contributed by atoms with Gasteiger partial charge in [-0.15, -0.1) is 0 Å². The first-order chi connectivity index (χ1) is 14.0. The molecule has 12 heteroatoms. The Bertz CT molecular complexity index is 1090. The number of carbonyl (C=O) groups is 3.